The third-order valence-corrected chi connectivity index (χ3v) is 2.24. The standard InChI is InChI=1S/C9H17NO4/c11-5-7(6-12)10-9(13)4-8-2-1-3-14-8/h7-8,11-12H,1-6H2,(H,10,13). The molecule has 0 aromatic carbocycles. The zero-order chi connectivity index (χ0) is 10.4. The number of carbonyl (C=O) groups is 1. The van der Waals surface area contributed by atoms with Crippen molar-refractivity contribution in [2.75, 3.05) is 19.8 Å². The molecule has 0 aromatic heterocycles. The van der Waals surface area contributed by atoms with Crippen LogP contribution in [-0.4, -0.2) is 48.1 Å². The van der Waals surface area contributed by atoms with Gasteiger partial charge in [-0.25, -0.2) is 0 Å². The van der Waals surface area contributed by atoms with E-state index in [1.807, 2.05) is 0 Å². The normalized spacial score (nSPS) is 21.5. The molecule has 1 aliphatic heterocycles. The Morgan fingerprint density at radius 2 is 2.21 bits per heavy atom. The van der Waals surface area contributed by atoms with Crippen LogP contribution in [0.1, 0.15) is 19.3 Å². The number of aliphatic hydroxyl groups excluding tert-OH is 2. The molecule has 1 unspecified atom stereocenters. The van der Waals surface area contributed by atoms with E-state index in [0.29, 0.717) is 6.42 Å². The van der Waals surface area contributed by atoms with Crippen molar-refractivity contribution in [3.05, 3.63) is 0 Å². The van der Waals surface area contributed by atoms with E-state index in [0.717, 1.165) is 19.4 Å². The molecule has 0 radical (unpaired) electrons. The molecule has 1 aliphatic rings. The quantitative estimate of drug-likeness (QED) is 0.537. The van der Waals surface area contributed by atoms with Gasteiger partial charge in [0.1, 0.15) is 0 Å². The molecule has 5 heteroatoms. The Labute approximate surface area is 83.1 Å². The summed E-state index contributed by atoms with van der Waals surface area (Å²) >= 11 is 0. The number of nitrogens with one attached hydrogen (secondary N) is 1. The minimum atomic E-state index is -0.552. The number of aliphatic hydroxyl groups is 2. The topological polar surface area (TPSA) is 78.8 Å². The third kappa shape index (κ3) is 3.61. The smallest absolute Gasteiger partial charge is 0.222 e. The number of carbonyl (C=O) groups excluding carboxylic acids is 1. The van der Waals surface area contributed by atoms with Gasteiger partial charge in [0, 0.05) is 6.61 Å². The summed E-state index contributed by atoms with van der Waals surface area (Å²) in [6.45, 7) is 0.239. The molecular weight excluding hydrogens is 186 g/mol. The van der Waals surface area contributed by atoms with E-state index in [-0.39, 0.29) is 25.2 Å². The predicted octanol–water partition coefficient (Wildman–Crippen LogP) is -0.975. The van der Waals surface area contributed by atoms with Crippen LogP contribution in [0.4, 0.5) is 0 Å². The second-order valence-corrected chi connectivity index (χ2v) is 3.47. The fraction of sp³-hybridized carbons (Fsp3) is 0.889. The highest BCUT2D eigenvalue weighted by molar-refractivity contribution is 5.76. The van der Waals surface area contributed by atoms with Crippen LogP contribution in [0.2, 0.25) is 0 Å². The van der Waals surface area contributed by atoms with Crippen molar-refractivity contribution in [3.63, 3.8) is 0 Å². The molecule has 3 N–H and O–H groups in total. The molecular formula is C9H17NO4. The Hall–Kier alpha value is -0.650. The van der Waals surface area contributed by atoms with Crippen LogP contribution >= 0.6 is 0 Å². The summed E-state index contributed by atoms with van der Waals surface area (Å²) in [5.41, 5.74) is 0. The SMILES string of the molecule is O=C(CC1CCCO1)NC(CO)CO. The maximum atomic E-state index is 11.3. The molecule has 0 bridgehead atoms. The highest BCUT2D eigenvalue weighted by Crippen LogP contribution is 2.14. The minimum Gasteiger partial charge on any atom is -0.394 e. The van der Waals surface area contributed by atoms with Crippen molar-refractivity contribution in [2.24, 2.45) is 0 Å². The van der Waals surface area contributed by atoms with E-state index < -0.39 is 6.04 Å². The first-order valence-electron chi connectivity index (χ1n) is 4.89. The van der Waals surface area contributed by atoms with Gasteiger partial charge in [0.05, 0.1) is 31.8 Å². The molecule has 0 spiro atoms. The van der Waals surface area contributed by atoms with E-state index in [1.165, 1.54) is 0 Å². The van der Waals surface area contributed by atoms with E-state index in [9.17, 15) is 4.79 Å². The van der Waals surface area contributed by atoms with Gasteiger partial charge in [-0.3, -0.25) is 4.79 Å². The molecule has 1 fully saturated rings. The highest BCUT2D eigenvalue weighted by Gasteiger charge is 2.20. The summed E-state index contributed by atoms with van der Waals surface area (Å²) in [6.07, 6.45) is 2.24. The Morgan fingerprint density at radius 1 is 1.50 bits per heavy atom. The van der Waals surface area contributed by atoms with Gasteiger partial charge >= 0.3 is 0 Å². The summed E-state index contributed by atoms with van der Waals surface area (Å²) in [5.74, 6) is -0.176. The van der Waals surface area contributed by atoms with Gasteiger partial charge < -0.3 is 20.3 Å². The largest absolute Gasteiger partial charge is 0.394 e. The van der Waals surface area contributed by atoms with Crippen molar-refractivity contribution in [3.8, 4) is 0 Å². The molecule has 5 nitrogen and oxygen atoms in total. The van der Waals surface area contributed by atoms with Crippen molar-refractivity contribution in [1.29, 1.82) is 0 Å². The number of hydrogen-bond donors (Lipinski definition) is 3. The van der Waals surface area contributed by atoms with Crippen LogP contribution in [0, 0.1) is 0 Å². The molecule has 0 aliphatic carbocycles. The lowest BCUT2D eigenvalue weighted by Crippen LogP contribution is -2.41. The van der Waals surface area contributed by atoms with Crippen LogP contribution in [0.5, 0.6) is 0 Å². The van der Waals surface area contributed by atoms with Gasteiger partial charge in [0.25, 0.3) is 0 Å². The third-order valence-electron chi connectivity index (χ3n) is 2.24. The van der Waals surface area contributed by atoms with E-state index in [4.69, 9.17) is 14.9 Å². The molecule has 1 amide bonds. The fourth-order valence-corrected chi connectivity index (χ4v) is 1.45. The van der Waals surface area contributed by atoms with Crippen molar-refractivity contribution >= 4 is 5.91 Å². The molecule has 1 atom stereocenters. The second-order valence-electron chi connectivity index (χ2n) is 3.47. The summed E-state index contributed by atoms with van der Waals surface area (Å²) in [4.78, 5) is 11.3. The van der Waals surface area contributed by atoms with Crippen molar-refractivity contribution in [2.45, 2.75) is 31.4 Å². The van der Waals surface area contributed by atoms with E-state index in [2.05, 4.69) is 5.32 Å². The van der Waals surface area contributed by atoms with Crippen LogP contribution in [0.3, 0.4) is 0 Å². The predicted molar refractivity (Wildman–Crippen MR) is 49.7 cm³/mol. The average molecular weight is 203 g/mol. The first-order valence-corrected chi connectivity index (χ1v) is 4.89. The van der Waals surface area contributed by atoms with Crippen LogP contribution < -0.4 is 5.32 Å². The average Bonchev–Trinajstić information content (AvgIpc) is 2.66. The molecule has 1 rings (SSSR count). The molecule has 1 saturated heterocycles. The van der Waals surface area contributed by atoms with Gasteiger partial charge in [-0.2, -0.15) is 0 Å². The molecule has 0 saturated carbocycles. The van der Waals surface area contributed by atoms with Gasteiger partial charge in [0.2, 0.25) is 5.91 Å². The zero-order valence-electron chi connectivity index (χ0n) is 8.11. The van der Waals surface area contributed by atoms with E-state index >= 15 is 0 Å². The molecule has 0 aromatic rings. The highest BCUT2D eigenvalue weighted by atomic mass is 16.5. The van der Waals surface area contributed by atoms with Crippen LogP contribution in [0.25, 0.3) is 0 Å². The first kappa shape index (κ1) is 11.4. The number of ether oxygens (including phenoxy) is 1. The van der Waals surface area contributed by atoms with Crippen molar-refractivity contribution < 1.29 is 19.7 Å². The summed E-state index contributed by atoms with van der Waals surface area (Å²) in [6, 6.07) is -0.552. The lowest BCUT2D eigenvalue weighted by atomic mass is 10.1. The van der Waals surface area contributed by atoms with Gasteiger partial charge in [0.15, 0.2) is 0 Å². The fourth-order valence-electron chi connectivity index (χ4n) is 1.45. The Bertz CT molecular complexity index is 170. The monoisotopic (exact) mass is 203 g/mol. The maximum Gasteiger partial charge on any atom is 0.222 e. The molecule has 14 heavy (non-hydrogen) atoms. The lowest BCUT2D eigenvalue weighted by molar-refractivity contribution is -0.124. The molecule has 82 valence electrons. The summed E-state index contributed by atoms with van der Waals surface area (Å²) < 4.78 is 5.29. The van der Waals surface area contributed by atoms with Gasteiger partial charge in [-0.1, -0.05) is 0 Å². The number of rotatable bonds is 5. The lowest BCUT2D eigenvalue weighted by Gasteiger charge is -2.15. The summed E-state index contributed by atoms with van der Waals surface area (Å²) in [5, 5.41) is 20.0. The van der Waals surface area contributed by atoms with Crippen LogP contribution in [-0.2, 0) is 9.53 Å². The van der Waals surface area contributed by atoms with Crippen LogP contribution in [0.15, 0.2) is 0 Å². The maximum absolute atomic E-state index is 11.3. The Balaban J connectivity index is 2.20. The van der Waals surface area contributed by atoms with Crippen molar-refractivity contribution in [1.82, 2.24) is 5.32 Å². The Kier molecular flexibility index (Phi) is 4.86. The number of hydrogen-bond acceptors (Lipinski definition) is 4. The zero-order valence-corrected chi connectivity index (χ0v) is 8.11. The minimum absolute atomic E-state index is 0.00744. The summed E-state index contributed by atoms with van der Waals surface area (Å²) in [7, 11) is 0. The van der Waals surface area contributed by atoms with Gasteiger partial charge in [-0.05, 0) is 12.8 Å². The number of amides is 1. The Morgan fingerprint density at radius 3 is 2.71 bits per heavy atom. The molecule has 1 heterocycles. The first-order chi connectivity index (χ1) is 6.76. The van der Waals surface area contributed by atoms with Gasteiger partial charge in [-0.15, -0.1) is 0 Å². The van der Waals surface area contributed by atoms with E-state index in [1.54, 1.807) is 0 Å². The second kappa shape index (κ2) is 5.95.